The molecule has 1 saturated carbocycles. The molecule has 0 radical (unpaired) electrons. The average molecular weight is 452 g/mol. The summed E-state index contributed by atoms with van der Waals surface area (Å²) in [6.45, 7) is 2.08. The number of rotatable bonds is 4. The molecule has 5 rings (SSSR count). The van der Waals surface area contributed by atoms with E-state index in [9.17, 15) is 0 Å². The molecule has 1 fully saturated rings. The van der Waals surface area contributed by atoms with Crippen molar-refractivity contribution >= 4 is 40.2 Å². The first-order valence-electron chi connectivity index (χ1n) is 10.6. The van der Waals surface area contributed by atoms with Crippen molar-refractivity contribution in [3.8, 4) is 17.2 Å². The molecule has 2 aromatic carbocycles. The van der Waals surface area contributed by atoms with Crippen molar-refractivity contribution in [2.45, 2.75) is 45.1 Å². The van der Waals surface area contributed by atoms with E-state index in [1.165, 1.54) is 19.3 Å². The Morgan fingerprint density at radius 1 is 0.935 bits per heavy atom. The molecule has 1 aliphatic rings. The Morgan fingerprint density at radius 2 is 1.77 bits per heavy atom. The van der Waals surface area contributed by atoms with Gasteiger partial charge in [0.2, 0.25) is 5.95 Å². The summed E-state index contributed by atoms with van der Waals surface area (Å²) in [5.74, 6) is 2.18. The van der Waals surface area contributed by atoms with Crippen LogP contribution in [0.1, 0.15) is 37.7 Å². The summed E-state index contributed by atoms with van der Waals surface area (Å²) in [7, 11) is 0. The highest BCUT2D eigenvalue weighted by Gasteiger charge is 2.18. The van der Waals surface area contributed by atoms with E-state index < -0.39 is 0 Å². The largest absolute Gasteiger partial charge is 0.351 e. The Kier molecular flexibility index (Phi) is 5.55. The molecule has 4 aromatic rings. The first-order chi connectivity index (χ1) is 15.1. The molecule has 0 bridgehead atoms. The van der Waals surface area contributed by atoms with Crippen LogP contribution < -0.4 is 5.32 Å². The number of imidazole rings is 1. The first kappa shape index (κ1) is 20.3. The second-order valence-corrected chi connectivity index (χ2v) is 8.92. The fraction of sp³-hybridized carbons (Fsp3) is 0.292. The van der Waals surface area contributed by atoms with Crippen LogP contribution in [-0.4, -0.2) is 25.6 Å². The van der Waals surface area contributed by atoms with E-state index in [1.54, 1.807) is 12.3 Å². The minimum atomic E-state index is 0.431. The predicted molar refractivity (Wildman–Crippen MR) is 127 cm³/mol. The van der Waals surface area contributed by atoms with Gasteiger partial charge in [-0.25, -0.2) is 9.97 Å². The van der Waals surface area contributed by atoms with Gasteiger partial charge in [0.25, 0.3) is 0 Å². The van der Waals surface area contributed by atoms with E-state index in [0.29, 0.717) is 22.0 Å². The zero-order valence-electron chi connectivity index (χ0n) is 17.3. The normalized spacial score (nSPS) is 14.8. The van der Waals surface area contributed by atoms with Crippen LogP contribution in [-0.2, 0) is 0 Å². The van der Waals surface area contributed by atoms with E-state index in [2.05, 4.69) is 33.9 Å². The molecule has 7 heteroatoms. The summed E-state index contributed by atoms with van der Waals surface area (Å²) in [5.41, 5.74) is 3.92. The van der Waals surface area contributed by atoms with Gasteiger partial charge in [0.05, 0.1) is 21.1 Å². The highest BCUT2D eigenvalue weighted by molar-refractivity contribution is 6.42. The smallest absolute Gasteiger partial charge is 0.224 e. The Balaban J connectivity index is 1.63. The molecule has 1 aliphatic carbocycles. The Bertz CT molecular complexity index is 1240. The maximum Gasteiger partial charge on any atom is 0.224 e. The number of hydrogen-bond acceptors (Lipinski definition) is 4. The number of nitrogens with zero attached hydrogens (tertiary/aromatic N) is 4. The van der Waals surface area contributed by atoms with Crippen LogP contribution in [0.25, 0.3) is 28.2 Å². The van der Waals surface area contributed by atoms with E-state index in [-0.39, 0.29) is 0 Å². The minimum Gasteiger partial charge on any atom is -0.351 e. The number of aryl methyl sites for hydroxylation is 1. The Labute approximate surface area is 191 Å². The summed E-state index contributed by atoms with van der Waals surface area (Å²) in [5, 5.41) is 4.54. The molecule has 0 aliphatic heterocycles. The van der Waals surface area contributed by atoms with E-state index in [0.717, 1.165) is 46.6 Å². The summed E-state index contributed by atoms with van der Waals surface area (Å²) >= 11 is 12.5. The highest BCUT2D eigenvalue weighted by Crippen LogP contribution is 2.32. The fourth-order valence-electron chi connectivity index (χ4n) is 4.22. The van der Waals surface area contributed by atoms with Crippen molar-refractivity contribution in [2.24, 2.45) is 0 Å². The third-order valence-electron chi connectivity index (χ3n) is 5.80. The van der Waals surface area contributed by atoms with E-state index >= 15 is 0 Å². The lowest BCUT2D eigenvalue weighted by Gasteiger charge is -2.22. The molecule has 0 unspecified atom stereocenters. The van der Waals surface area contributed by atoms with Crippen LogP contribution in [0.15, 0.2) is 48.7 Å². The lowest BCUT2D eigenvalue weighted by molar-refractivity contribution is 0.461. The summed E-state index contributed by atoms with van der Waals surface area (Å²) in [6, 6.07) is 14.1. The molecule has 158 valence electrons. The van der Waals surface area contributed by atoms with Crippen LogP contribution in [0, 0.1) is 6.92 Å². The second kappa shape index (κ2) is 8.48. The molecule has 0 spiro atoms. The van der Waals surface area contributed by atoms with Gasteiger partial charge in [0, 0.05) is 17.8 Å². The molecule has 1 N–H and O–H groups in total. The number of halogens is 2. The van der Waals surface area contributed by atoms with Gasteiger partial charge in [0.15, 0.2) is 0 Å². The SMILES string of the molecule is Cc1ccc2nc(-c3ccc(Cl)c(Cl)c3)n(-c3ccnc(NC4CCCCC4)n3)c2c1. The van der Waals surface area contributed by atoms with Gasteiger partial charge in [-0.1, -0.05) is 48.5 Å². The minimum absolute atomic E-state index is 0.431. The molecule has 0 saturated heterocycles. The third kappa shape index (κ3) is 4.12. The molecule has 2 heterocycles. The van der Waals surface area contributed by atoms with Crippen molar-refractivity contribution < 1.29 is 0 Å². The van der Waals surface area contributed by atoms with Gasteiger partial charge in [-0.3, -0.25) is 4.57 Å². The van der Waals surface area contributed by atoms with Crippen LogP contribution >= 0.6 is 23.2 Å². The highest BCUT2D eigenvalue weighted by atomic mass is 35.5. The van der Waals surface area contributed by atoms with Crippen molar-refractivity contribution in [1.82, 2.24) is 19.5 Å². The number of benzene rings is 2. The zero-order valence-corrected chi connectivity index (χ0v) is 18.8. The maximum absolute atomic E-state index is 6.32. The fourth-order valence-corrected chi connectivity index (χ4v) is 4.52. The molecule has 5 nitrogen and oxygen atoms in total. The third-order valence-corrected chi connectivity index (χ3v) is 6.54. The molecule has 0 atom stereocenters. The molecule has 0 amide bonds. The predicted octanol–water partition coefficient (Wildman–Crippen LogP) is 6.84. The van der Waals surface area contributed by atoms with Crippen molar-refractivity contribution in [3.63, 3.8) is 0 Å². The number of hydrogen-bond donors (Lipinski definition) is 1. The molecular weight excluding hydrogens is 429 g/mol. The average Bonchev–Trinajstić information content (AvgIpc) is 3.15. The van der Waals surface area contributed by atoms with Gasteiger partial charge >= 0.3 is 0 Å². The number of aromatic nitrogens is 4. The first-order valence-corrected chi connectivity index (χ1v) is 11.4. The number of fused-ring (bicyclic) bond motifs is 1. The Morgan fingerprint density at radius 3 is 2.58 bits per heavy atom. The standard InChI is InChI=1S/C24H23Cl2N5/c1-15-7-10-20-21(13-15)31(23(29-20)16-8-9-18(25)19(26)14-16)22-11-12-27-24(30-22)28-17-5-3-2-4-6-17/h7-14,17H,2-6H2,1H3,(H,27,28,30). The topological polar surface area (TPSA) is 55.6 Å². The van der Waals surface area contributed by atoms with Crippen LogP contribution in [0.3, 0.4) is 0 Å². The molecule has 2 aromatic heterocycles. The molecular formula is C24H23Cl2N5. The summed E-state index contributed by atoms with van der Waals surface area (Å²) < 4.78 is 2.07. The summed E-state index contributed by atoms with van der Waals surface area (Å²) in [6.07, 6.45) is 7.94. The number of anilines is 1. The van der Waals surface area contributed by atoms with Gasteiger partial charge in [-0.15, -0.1) is 0 Å². The summed E-state index contributed by atoms with van der Waals surface area (Å²) in [4.78, 5) is 14.2. The van der Waals surface area contributed by atoms with Gasteiger partial charge in [-0.2, -0.15) is 4.98 Å². The van der Waals surface area contributed by atoms with Crippen LogP contribution in [0.2, 0.25) is 10.0 Å². The monoisotopic (exact) mass is 451 g/mol. The van der Waals surface area contributed by atoms with E-state index in [4.69, 9.17) is 33.2 Å². The van der Waals surface area contributed by atoms with Crippen molar-refractivity contribution in [3.05, 3.63) is 64.3 Å². The van der Waals surface area contributed by atoms with Crippen molar-refractivity contribution in [2.75, 3.05) is 5.32 Å². The number of nitrogens with one attached hydrogen (secondary N) is 1. The molecule has 31 heavy (non-hydrogen) atoms. The second-order valence-electron chi connectivity index (χ2n) is 8.11. The quantitative estimate of drug-likeness (QED) is 0.368. The van der Waals surface area contributed by atoms with Crippen LogP contribution in [0.5, 0.6) is 0 Å². The van der Waals surface area contributed by atoms with Crippen molar-refractivity contribution in [1.29, 1.82) is 0 Å². The lowest BCUT2D eigenvalue weighted by atomic mass is 9.96. The van der Waals surface area contributed by atoms with Gasteiger partial charge < -0.3 is 5.32 Å². The Hall–Kier alpha value is -2.63. The van der Waals surface area contributed by atoms with Gasteiger partial charge in [-0.05, 0) is 61.7 Å². The maximum atomic E-state index is 6.32. The lowest BCUT2D eigenvalue weighted by Crippen LogP contribution is -2.23. The van der Waals surface area contributed by atoms with Crippen LogP contribution in [0.4, 0.5) is 5.95 Å². The van der Waals surface area contributed by atoms with E-state index in [1.807, 2.05) is 24.3 Å². The van der Waals surface area contributed by atoms with Gasteiger partial charge in [0.1, 0.15) is 11.6 Å². The zero-order chi connectivity index (χ0) is 21.4.